The molecule has 0 saturated carbocycles. The number of nitrogens with zero attached hydrogens (tertiary/aromatic N) is 1. The minimum absolute atomic E-state index is 0. The van der Waals surface area contributed by atoms with Gasteiger partial charge in [0.1, 0.15) is 5.60 Å². The van der Waals surface area contributed by atoms with Crippen LogP contribution in [-0.4, -0.2) is 22.4 Å². The van der Waals surface area contributed by atoms with Gasteiger partial charge in [0.25, 0.3) is 0 Å². The number of amides is 1. The van der Waals surface area contributed by atoms with Crippen molar-refractivity contribution in [3.63, 3.8) is 0 Å². The number of carbonyl (C=O) groups excluding carboxylic acids is 1. The van der Waals surface area contributed by atoms with Crippen LogP contribution in [0.4, 0.5) is 4.79 Å². The molecule has 5 heteroatoms. The number of hydrogen-bond acceptors (Lipinski definition) is 4. The topological polar surface area (TPSA) is 51.2 Å². The van der Waals surface area contributed by atoms with Gasteiger partial charge in [-0.2, -0.15) is 11.8 Å². The molecule has 1 rings (SSSR count). The minimum atomic E-state index is -0.476. The van der Waals surface area contributed by atoms with E-state index in [4.69, 9.17) is 4.74 Å². The van der Waals surface area contributed by atoms with Crippen LogP contribution in [0.1, 0.15) is 74.1 Å². The van der Waals surface area contributed by atoms with E-state index in [1.807, 2.05) is 64.7 Å². The zero-order valence-electron chi connectivity index (χ0n) is 16.5. The third kappa shape index (κ3) is 14.8. The van der Waals surface area contributed by atoms with Crippen molar-refractivity contribution in [1.82, 2.24) is 10.3 Å². The average Bonchev–Trinajstić information content (AvgIpc) is 2.45. The Labute approximate surface area is 159 Å². The van der Waals surface area contributed by atoms with Crippen LogP contribution in [0.5, 0.6) is 0 Å². The molecule has 1 N–H and O–H groups in total. The highest BCUT2D eigenvalue weighted by Crippen LogP contribution is 2.22. The maximum absolute atomic E-state index is 11.6. The molecular formula is C20H38N2O2S. The monoisotopic (exact) mass is 370 g/mol. The fourth-order valence-electron chi connectivity index (χ4n) is 1.60. The summed E-state index contributed by atoms with van der Waals surface area (Å²) >= 11 is 1.89. The van der Waals surface area contributed by atoms with Crippen molar-refractivity contribution in [2.45, 2.75) is 80.7 Å². The predicted molar refractivity (Wildman–Crippen MR) is 111 cm³/mol. The number of hydrogen-bond donors (Lipinski definition) is 1. The lowest BCUT2D eigenvalue weighted by atomic mass is 10.0. The standard InChI is InChI=1S/C17H28N2O2S.C2H6.CH4/c1-16(2,3)12-22-11-14-8-7-13(9-18-14)10-19-15(20)21-17(4,5)6;1-2;/h7-9H,10-12H2,1-6H3,(H,19,20);1-2H3;1H4. The SMILES string of the molecule is C.CC.CC(C)(C)CSCc1ccc(CNC(=O)OC(C)(C)C)cn1. The van der Waals surface area contributed by atoms with Gasteiger partial charge in [-0.05, 0) is 43.6 Å². The Kier molecular flexibility index (Phi) is 12.7. The number of alkyl carbamates (subject to hydrolysis) is 1. The molecule has 0 aliphatic heterocycles. The number of rotatable bonds is 5. The molecular weight excluding hydrogens is 332 g/mol. The van der Waals surface area contributed by atoms with E-state index in [1.165, 1.54) is 0 Å². The molecule has 1 amide bonds. The third-order valence-corrected chi connectivity index (χ3v) is 4.08. The van der Waals surface area contributed by atoms with Crippen molar-refractivity contribution in [2.24, 2.45) is 5.41 Å². The van der Waals surface area contributed by atoms with Crippen LogP contribution < -0.4 is 5.32 Å². The molecule has 1 aromatic rings. The lowest BCUT2D eigenvalue weighted by Gasteiger charge is -2.19. The Morgan fingerprint density at radius 3 is 2.20 bits per heavy atom. The maximum atomic E-state index is 11.6. The van der Waals surface area contributed by atoms with Gasteiger partial charge in [0.15, 0.2) is 0 Å². The first kappa shape index (κ1) is 26.0. The van der Waals surface area contributed by atoms with Gasteiger partial charge in [-0.15, -0.1) is 0 Å². The molecule has 0 aliphatic carbocycles. The molecule has 0 spiro atoms. The number of nitrogens with one attached hydrogen (secondary N) is 1. The van der Waals surface area contributed by atoms with Gasteiger partial charge in [0.05, 0.1) is 5.69 Å². The molecule has 1 heterocycles. The second-order valence-electron chi connectivity index (χ2n) is 7.57. The molecule has 0 atom stereocenters. The average molecular weight is 371 g/mol. The summed E-state index contributed by atoms with van der Waals surface area (Å²) < 4.78 is 5.19. The van der Waals surface area contributed by atoms with Crippen molar-refractivity contribution in [3.05, 3.63) is 29.6 Å². The molecule has 0 unspecified atom stereocenters. The molecule has 0 radical (unpaired) electrons. The summed E-state index contributed by atoms with van der Waals surface area (Å²) in [7, 11) is 0. The van der Waals surface area contributed by atoms with E-state index in [1.54, 1.807) is 0 Å². The number of pyridine rings is 1. The van der Waals surface area contributed by atoms with Crippen LogP contribution in [0.2, 0.25) is 0 Å². The minimum Gasteiger partial charge on any atom is -0.444 e. The first-order valence-electron chi connectivity index (χ1n) is 8.54. The fourth-order valence-corrected chi connectivity index (χ4v) is 2.69. The second kappa shape index (κ2) is 12.2. The summed E-state index contributed by atoms with van der Waals surface area (Å²) in [6.45, 7) is 16.7. The van der Waals surface area contributed by atoms with E-state index in [0.717, 1.165) is 22.8 Å². The Morgan fingerprint density at radius 1 is 1.16 bits per heavy atom. The summed E-state index contributed by atoms with van der Waals surface area (Å²) in [6, 6.07) is 4.01. The Balaban J connectivity index is 0. The van der Waals surface area contributed by atoms with Gasteiger partial charge >= 0.3 is 6.09 Å². The van der Waals surface area contributed by atoms with Crippen molar-refractivity contribution >= 4 is 17.9 Å². The van der Waals surface area contributed by atoms with E-state index in [9.17, 15) is 4.79 Å². The van der Waals surface area contributed by atoms with Crippen LogP contribution in [0.25, 0.3) is 0 Å². The van der Waals surface area contributed by atoms with Crippen molar-refractivity contribution in [1.29, 1.82) is 0 Å². The smallest absolute Gasteiger partial charge is 0.407 e. The molecule has 0 aliphatic rings. The predicted octanol–water partition coefficient (Wildman–Crippen LogP) is 6.05. The zero-order valence-corrected chi connectivity index (χ0v) is 17.3. The van der Waals surface area contributed by atoms with Gasteiger partial charge in [-0.1, -0.05) is 48.1 Å². The summed E-state index contributed by atoms with van der Waals surface area (Å²) in [5, 5.41) is 2.73. The molecule has 0 aromatic carbocycles. The largest absolute Gasteiger partial charge is 0.444 e. The lowest BCUT2D eigenvalue weighted by Crippen LogP contribution is -2.32. The van der Waals surface area contributed by atoms with E-state index in [0.29, 0.717) is 12.0 Å². The van der Waals surface area contributed by atoms with Crippen LogP contribution in [0.3, 0.4) is 0 Å². The maximum Gasteiger partial charge on any atom is 0.407 e. The molecule has 0 fully saturated rings. The highest BCUT2D eigenvalue weighted by atomic mass is 32.2. The number of ether oxygens (including phenoxy) is 1. The quantitative estimate of drug-likeness (QED) is 0.685. The van der Waals surface area contributed by atoms with E-state index >= 15 is 0 Å². The number of thioether (sulfide) groups is 1. The number of carbonyl (C=O) groups is 1. The van der Waals surface area contributed by atoms with Gasteiger partial charge in [-0.25, -0.2) is 4.79 Å². The van der Waals surface area contributed by atoms with E-state index < -0.39 is 11.7 Å². The summed E-state index contributed by atoms with van der Waals surface area (Å²) in [6.07, 6.45) is 1.40. The molecule has 4 nitrogen and oxygen atoms in total. The molecule has 0 saturated heterocycles. The molecule has 25 heavy (non-hydrogen) atoms. The Bertz CT molecular complexity index is 474. The van der Waals surface area contributed by atoms with Crippen molar-refractivity contribution in [2.75, 3.05) is 5.75 Å². The number of aromatic nitrogens is 1. The van der Waals surface area contributed by atoms with Gasteiger partial charge in [-0.3, -0.25) is 4.98 Å². The fraction of sp³-hybridized carbons (Fsp3) is 0.700. The van der Waals surface area contributed by atoms with Crippen molar-refractivity contribution in [3.8, 4) is 0 Å². The highest BCUT2D eigenvalue weighted by Gasteiger charge is 2.15. The zero-order chi connectivity index (χ0) is 18.8. The van der Waals surface area contributed by atoms with E-state index in [2.05, 4.69) is 31.1 Å². The first-order chi connectivity index (χ1) is 11.1. The summed E-state index contributed by atoms with van der Waals surface area (Å²) in [5.74, 6) is 2.02. The normalized spacial score (nSPS) is 10.9. The lowest BCUT2D eigenvalue weighted by molar-refractivity contribution is 0.0523. The summed E-state index contributed by atoms with van der Waals surface area (Å²) in [5.41, 5.74) is 1.89. The van der Waals surface area contributed by atoms with Gasteiger partial charge in [0.2, 0.25) is 0 Å². The van der Waals surface area contributed by atoms with Crippen LogP contribution >= 0.6 is 11.8 Å². The molecule has 146 valence electrons. The molecule has 0 bridgehead atoms. The molecule has 1 aromatic heterocycles. The first-order valence-corrected chi connectivity index (χ1v) is 9.69. The third-order valence-electron chi connectivity index (χ3n) is 2.51. The Hall–Kier alpha value is -1.23. The van der Waals surface area contributed by atoms with Crippen molar-refractivity contribution < 1.29 is 9.53 Å². The van der Waals surface area contributed by atoms with E-state index in [-0.39, 0.29) is 7.43 Å². The second-order valence-corrected chi connectivity index (χ2v) is 8.55. The highest BCUT2D eigenvalue weighted by molar-refractivity contribution is 7.98. The van der Waals surface area contributed by atoms with Gasteiger partial charge < -0.3 is 10.1 Å². The summed E-state index contributed by atoms with van der Waals surface area (Å²) in [4.78, 5) is 16.0. The van der Waals surface area contributed by atoms with Crippen LogP contribution in [0.15, 0.2) is 18.3 Å². The van der Waals surface area contributed by atoms with Gasteiger partial charge in [0, 0.05) is 18.5 Å². The Morgan fingerprint density at radius 2 is 1.76 bits per heavy atom. The van der Waals surface area contributed by atoms with Crippen LogP contribution in [0, 0.1) is 5.41 Å². The van der Waals surface area contributed by atoms with Crippen LogP contribution in [-0.2, 0) is 17.0 Å².